The number of fused-ring (bicyclic) bond motifs is 1. The molecule has 0 atom stereocenters. The SMILES string of the molecule is O=S(=O)(Cl)c1cn(Cc2cccc(Br)c2)c2ccccc12. The van der Waals surface area contributed by atoms with E-state index in [4.69, 9.17) is 10.7 Å². The molecule has 0 saturated heterocycles. The second-order valence-corrected chi connectivity index (χ2v) is 8.16. The van der Waals surface area contributed by atoms with E-state index in [2.05, 4.69) is 15.9 Å². The van der Waals surface area contributed by atoms with Gasteiger partial charge in [0.1, 0.15) is 4.90 Å². The largest absolute Gasteiger partial charge is 0.342 e. The fourth-order valence-electron chi connectivity index (χ4n) is 2.37. The predicted molar refractivity (Wildman–Crippen MR) is 88.2 cm³/mol. The summed E-state index contributed by atoms with van der Waals surface area (Å²) in [7, 11) is 1.76. The van der Waals surface area contributed by atoms with E-state index >= 15 is 0 Å². The smallest absolute Gasteiger partial charge is 0.263 e. The maximum Gasteiger partial charge on any atom is 0.263 e. The third kappa shape index (κ3) is 3.00. The first-order valence-electron chi connectivity index (χ1n) is 6.22. The van der Waals surface area contributed by atoms with Crippen molar-refractivity contribution in [3.05, 3.63) is 64.8 Å². The zero-order valence-electron chi connectivity index (χ0n) is 10.8. The van der Waals surface area contributed by atoms with Crippen LogP contribution in [0.2, 0.25) is 0 Å². The van der Waals surface area contributed by atoms with Gasteiger partial charge in [-0.05, 0) is 23.8 Å². The standard InChI is InChI=1S/C15H11BrClNO2S/c16-12-5-3-4-11(8-12)9-18-10-15(21(17,19)20)13-6-1-2-7-14(13)18/h1-8,10H,9H2. The first kappa shape index (κ1) is 14.6. The van der Waals surface area contributed by atoms with Gasteiger partial charge in [0.2, 0.25) is 0 Å². The van der Waals surface area contributed by atoms with E-state index in [1.165, 1.54) is 0 Å². The summed E-state index contributed by atoms with van der Waals surface area (Å²) in [6.07, 6.45) is 1.59. The Balaban J connectivity index is 2.15. The monoisotopic (exact) mass is 383 g/mol. The Bertz CT molecular complexity index is 918. The van der Waals surface area contributed by atoms with Crippen molar-refractivity contribution in [1.82, 2.24) is 4.57 Å². The normalized spacial score (nSPS) is 11.9. The first-order valence-corrected chi connectivity index (χ1v) is 9.32. The summed E-state index contributed by atoms with van der Waals surface area (Å²) >= 11 is 3.44. The van der Waals surface area contributed by atoms with Gasteiger partial charge in [0.25, 0.3) is 9.05 Å². The Hall–Kier alpha value is -1.30. The molecule has 3 rings (SSSR count). The van der Waals surface area contributed by atoms with Gasteiger partial charge in [-0.15, -0.1) is 0 Å². The van der Waals surface area contributed by atoms with Crippen LogP contribution in [-0.4, -0.2) is 13.0 Å². The second-order valence-electron chi connectivity index (χ2n) is 4.71. The van der Waals surface area contributed by atoms with Crippen LogP contribution < -0.4 is 0 Å². The molecule has 6 heteroatoms. The van der Waals surface area contributed by atoms with Gasteiger partial charge in [0.05, 0.1) is 0 Å². The lowest BCUT2D eigenvalue weighted by Crippen LogP contribution is -1.98. The van der Waals surface area contributed by atoms with Crippen LogP contribution in [0.4, 0.5) is 0 Å². The number of para-hydroxylation sites is 1. The Morgan fingerprint density at radius 1 is 1.10 bits per heavy atom. The molecule has 1 heterocycles. The Morgan fingerprint density at radius 3 is 2.57 bits per heavy atom. The highest BCUT2D eigenvalue weighted by Gasteiger charge is 2.18. The molecule has 0 aliphatic heterocycles. The van der Waals surface area contributed by atoms with Crippen molar-refractivity contribution < 1.29 is 8.42 Å². The summed E-state index contributed by atoms with van der Waals surface area (Å²) in [6, 6.07) is 15.2. The van der Waals surface area contributed by atoms with Crippen molar-refractivity contribution in [2.75, 3.05) is 0 Å². The molecular formula is C15H11BrClNO2S. The van der Waals surface area contributed by atoms with Crippen LogP contribution in [0.5, 0.6) is 0 Å². The van der Waals surface area contributed by atoms with Crippen molar-refractivity contribution in [2.24, 2.45) is 0 Å². The van der Waals surface area contributed by atoms with Crippen molar-refractivity contribution in [1.29, 1.82) is 0 Å². The minimum Gasteiger partial charge on any atom is -0.342 e. The summed E-state index contributed by atoms with van der Waals surface area (Å²) in [5, 5.41) is 0.641. The third-order valence-corrected chi connectivity index (χ3v) is 5.10. The topological polar surface area (TPSA) is 39.1 Å². The highest BCUT2D eigenvalue weighted by molar-refractivity contribution is 9.10. The summed E-state index contributed by atoms with van der Waals surface area (Å²) in [4.78, 5) is 0.148. The molecule has 0 aliphatic carbocycles. The molecule has 2 aromatic carbocycles. The van der Waals surface area contributed by atoms with E-state index in [0.717, 1.165) is 15.6 Å². The highest BCUT2D eigenvalue weighted by atomic mass is 79.9. The molecule has 0 spiro atoms. The van der Waals surface area contributed by atoms with Crippen LogP contribution in [0.3, 0.4) is 0 Å². The minimum atomic E-state index is -3.77. The number of rotatable bonds is 3. The van der Waals surface area contributed by atoms with E-state index in [0.29, 0.717) is 11.9 Å². The average molecular weight is 385 g/mol. The fourth-order valence-corrected chi connectivity index (χ4v) is 3.87. The number of hydrogen-bond donors (Lipinski definition) is 0. The molecular weight excluding hydrogens is 374 g/mol. The van der Waals surface area contributed by atoms with Gasteiger partial charge in [-0.25, -0.2) is 8.42 Å². The summed E-state index contributed by atoms with van der Waals surface area (Å²) in [6.45, 7) is 0.576. The predicted octanol–water partition coefficient (Wildman–Crippen LogP) is 4.38. The van der Waals surface area contributed by atoms with Gasteiger partial charge in [-0.3, -0.25) is 0 Å². The lowest BCUT2D eigenvalue weighted by molar-refractivity contribution is 0.610. The third-order valence-electron chi connectivity index (χ3n) is 3.26. The summed E-state index contributed by atoms with van der Waals surface area (Å²) < 4.78 is 26.3. The zero-order valence-corrected chi connectivity index (χ0v) is 14.0. The van der Waals surface area contributed by atoms with Crippen LogP contribution in [0.15, 0.2) is 64.1 Å². The molecule has 0 fully saturated rings. The number of benzene rings is 2. The quantitative estimate of drug-likeness (QED) is 0.629. The molecule has 3 aromatic rings. The summed E-state index contributed by atoms with van der Waals surface area (Å²) in [5.41, 5.74) is 1.92. The number of nitrogens with zero attached hydrogens (tertiary/aromatic N) is 1. The first-order chi connectivity index (χ1) is 9.95. The number of hydrogen-bond acceptors (Lipinski definition) is 2. The van der Waals surface area contributed by atoms with Gasteiger partial charge >= 0.3 is 0 Å². The maximum atomic E-state index is 11.7. The van der Waals surface area contributed by atoms with Crippen LogP contribution in [0.25, 0.3) is 10.9 Å². The Labute approximate surface area is 135 Å². The zero-order chi connectivity index (χ0) is 15.0. The number of halogens is 2. The van der Waals surface area contributed by atoms with Crippen LogP contribution in [0, 0.1) is 0 Å². The molecule has 3 nitrogen and oxygen atoms in total. The van der Waals surface area contributed by atoms with Crippen molar-refractivity contribution in [3.8, 4) is 0 Å². The fraction of sp³-hybridized carbons (Fsp3) is 0.0667. The van der Waals surface area contributed by atoms with Gasteiger partial charge in [-0.1, -0.05) is 46.3 Å². The molecule has 0 aliphatic rings. The van der Waals surface area contributed by atoms with Crippen molar-refractivity contribution >= 4 is 46.6 Å². The Morgan fingerprint density at radius 2 is 1.86 bits per heavy atom. The number of aromatic nitrogens is 1. The van der Waals surface area contributed by atoms with Crippen LogP contribution in [-0.2, 0) is 15.6 Å². The lowest BCUT2D eigenvalue weighted by Gasteiger charge is -2.05. The molecule has 1 aromatic heterocycles. The van der Waals surface area contributed by atoms with E-state index in [-0.39, 0.29) is 4.90 Å². The van der Waals surface area contributed by atoms with Gasteiger partial charge < -0.3 is 4.57 Å². The van der Waals surface area contributed by atoms with Gasteiger partial charge in [0, 0.05) is 38.8 Å². The summed E-state index contributed by atoms with van der Waals surface area (Å²) in [5.74, 6) is 0. The minimum absolute atomic E-state index is 0.148. The highest BCUT2D eigenvalue weighted by Crippen LogP contribution is 2.28. The second kappa shape index (κ2) is 5.48. The Kier molecular flexibility index (Phi) is 3.82. The molecule has 0 radical (unpaired) electrons. The molecule has 0 bridgehead atoms. The van der Waals surface area contributed by atoms with E-state index in [1.54, 1.807) is 18.3 Å². The van der Waals surface area contributed by atoms with Crippen molar-refractivity contribution in [2.45, 2.75) is 11.4 Å². The molecule has 0 amide bonds. The van der Waals surface area contributed by atoms with Crippen LogP contribution in [0.1, 0.15) is 5.56 Å². The van der Waals surface area contributed by atoms with Gasteiger partial charge in [-0.2, -0.15) is 0 Å². The van der Waals surface area contributed by atoms with E-state index in [9.17, 15) is 8.42 Å². The van der Waals surface area contributed by atoms with Crippen molar-refractivity contribution in [3.63, 3.8) is 0 Å². The average Bonchev–Trinajstić information content (AvgIpc) is 2.78. The molecule has 21 heavy (non-hydrogen) atoms. The van der Waals surface area contributed by atoms with Crippen LogP contribution >= 0.6 is 26.6 Å². The maximum absolute atomic E-state index is 11.7. The molecule has 0 unspecified atom stereocenters. The van der Waals surface area contributed by atoms with E-state index in [1.807, 2.05) is 41.0 Å². The van der Waals surface area contributed by atoms with Gasteiger partial charge in [0.15, 0.2) is 0 Å². The lowest BCUT2D eigenvalue weighted by atomic mass is 10.2. The van der Waals surface area contributed by atoms with E-state index < -0.39 is 9.05 Å². The molecule has 108 valence electrons. The molecule has 0 saturated carbocycles. The molecule has 0 N–H and O–H groups in total.